The third kappa shape index (κ3) is 4.25. The Morgan fingerprint density at radius 3 is 2.44 bits per heavy atom. The van der Waals surface area contributed by atoms with E-state index >= 15 is 0 Å². The van der Waals surface area contributed by atoms with Crippen LogP contribution in [0.1, 0.15) is 24.2 Å². The van der Waals surface area contributed by atoms with Gasteiger partial charge in [-0.2, -0.15) is 0 Å². The van der Waals surface area contributed by atoms with Crippen LogP contribution < -0.4 is 4.90 Å². The molecule has 1 fully saturated rings. The van der Waals surface area contributed by atoms with Crippen molar-refractivity contribution in [1.82, 2.24) is 9.88 Å². The SMILES string of the molecule is CC(C)Sc1ncccc1C(=O)N1CCN(c2ccc(O)cc2)CC1. The number of hydrogen-bond donors (Lipinski definition) is 1. The second-order valence-corrected chi connectivity index (χ2v) is 7.88. The van der Waals surface area contributed by atoms with Crippen LogP contribution in [0.25, 0.3) is 0 Å². The number of benzene rings is 1. The summed E-state index contributed by atoms with van der Waals surface area (Å²) in [6.45, 7) is 7.13. The Balaban J connectivity index is 1.67. The van der Waals surface area contributed by atoms with Crippen molar-refractivity contribution in [2.75, 3.05) is 31.1 Å². The molecule has 0 unspecified atom stereocenters. The Bertz CT molecular complexity index is 726. The van der Waals surface area contributed by atoms with Crippen LogP contribution in [0, 0.1) is 0 Å². The van der Waals surface area contributed by atoms with E-state index in [0.29, 0.717) is 23.9 Å². The van der Waals surface area contributed by atoms with Crippen LogP contribution in [0.5, 0.6) is 5.75 Å². The highest BCUT2D eigenvalue weighted by atomic mass is 32.2. The van der Waals surface area contributed by atoms with E-state index in [0.717, 1.165) is 23.8 Å². The lowest BCUT2D eigenvalue weighted by atomic mass is 10.2. The first-order valence-electron chi connectivity index (χ1n) is 8.49. The van der Waals surface area contributed by atoms with Crippen LogP contribution in [0.4, 0.5) is 5.69 Å². The highest BCUT2D eigenvalue weighted by molar-refractivity contribution is 7.99. The van der Waals surface area contributed by atoms with Crippen LogP contribution in [0.2, 0.25) is 0 Å². The molecule has 1 aliphatic heterocycles. The van der Waals surface area contributed by atoms with Crippen molar-refractivity contribution in [1.29, 1.82) is 0 Å². The van der Waals surface area contributed by atoms with E-state index in [2.05, 4.69) is 23.7 Å². The monoisotopic (exact) mass is 357 g/mol. The maximum Gasteiger partial charge on any atom is 0.256 e. The maximum atomic E-state index is 12.9. The number of carbonyl (C=O) groups excluding carboxylic acids is 1. The van der Waals surface area contributed by atoms with Gasteiger partial charge in [-0.1, -0.05) is 13.8 Å². The molecule has 3 rings (SSSR count). The van der Waals surface area contributed by atoms with Gasteiger partial charge in [-0.3, -0.25) is 4.79 Å². The summed E-state index contributed by atoms with van der Waals surface area (Å²) < 4.78 is 0. The number of anilines is 1. The summed E-state index contributed by atoms with van der Waals surface area (Å²) in [4.78, 5) is 21.4. The number of phenols is 1. The number of piperazine rings is 1. The van der Waals surface area contributed by atoms with Crippen molar-refractivity contribution in [3.8, 4) is 5.75 Å². The van der Waals surface area contributed by atoms with E-state index < -0.39 is 0 Å². The summed E-state index contributed by atoms with van der Waals surface area (Å²) in [5.41, 5.74) is 1.77. The lowest BCUT2D eigenvalue weighted by Crippen LogP contribution is -2.48. The fourth-order valence-corrected chi connectivity index (χ4v) is 3.72. The number of hydrogen-bond acceptors (Lipinski definition) is 5. The minimum absolute atomic E-state index is 0.0570. The molecule has 0 aliphatic carbocycles. The van der Waals surface area contributed by atoms with Gasteiger partial charge in [-0.15, -0.1) is 11.8 Å². The van der Waals surface area contributed by atoms with Gasteiger partial charge >= 0.3 is 0 Å². The first-order valence-corrected chi connectivity index (χ1v) is 9.37. The van der Waals surface area contributed by atoms with Crippen LogP contribution in [0.15, 0.2) is 47.6 Å². The zero-order valence-corrected chi connectivity index (χ0v) is 15.4. The van der Waals surface area contributed by atoms with Crippen molar-refractivity contribution in [2.45, 2.75) is 24.1 Å². The minimum Gasteiger partial charge on any atom is -0.508 e. The fraction of sp³-hybridized carbons (Fsp3) is 0.368. The van der Waals surface area contributed by atoms with Crippen molar-refractivity contribution < 1.29 is 9.90 Å². The zero-order valence-electron chi connectivity index (χ0n) is 14.6. The van der Waals surface area contributed by atoms with Gasteiger partial charge in [0.05, 0.1) is 5.56 Å². The Kier molecular flexibility index (Phi) is 5.48. The molecule has 2 heterocycles. The smallest absolute Gasteiger partial charge is 0.256 e. The Morgan fingerprint density at radius 1 is 1.12 bits per heavy atom. The molecule has 2 aromatic rings. The molecule has 1 amide bonds. The lowest BCUT2D eigenvalue weighted by molar-refractivity contribution is 0.0742. The van der Waals surface area contributed by atoms with Crippen LogP contribution in [-0.4, -0.2) is 52.3 Å². The second-order valence-electron chi connectivity index (χ2n) is 6.32. The van der Waals surface area contributed by atoms with E-state index in [4.69, 9.17) is 0 Å². The molecule has 0 saturated carbocycles. The first-order chi connectivity index (χ1) is 12.0. The average molecular weight is 357 g/mol. The van der Waals surface area contributed by atoms with Crippen molar-refractivity contribution >= 4 is 23.4 Å². The maximum absolute atomic E-state index is 12.9. The van der Waals surface area contributed by atoms with Gasteiger partial charge in [-0.25, -0.2) is 4.98 Å². The predicted octanol–water partition coefficient (Wildman–Crippen LogP) is 3.25. The summed E-state index contributed by atoms with van der Waals surface area (Å²) in [6, 6.07) is 10.9. The molecule has 0 atom stereocenters. The fourth-order valence-electron chi connectivity index (χ4n) is 2.87. The molecular weight excluding hydrogens is 334 g/mol. The molecule has 1 N–H and O–H groups in total. The molecule has 132 valence electrons. The Labute approximate surface area is 152 Å². The van der Waals surface area contributed by atoms with Crippen molar-refractivity contribution in [2.24, 2.45) is 0 Å². The number of aromatic hydroxyl groups is 1. The van der Waals surface area contributed by atoms with Gasteiger partial charge < -0.3 is 14.9 Å². The molecule has 1 aromatic carbocycles. The zero-order chi connectivity index (χ0) is 17.8. The molecule has 0 bridgehead atoms. The third-order valence-electron chi connectivity index (χ3n) is 4.13. The molecule has 6 heteroatoms. The van der Waals surface area contributed by atoms with Gasteiger partial charge in [0.15, 0.2) is 0 Å². The number of nitrogens with zero attached hydrogens (tertiary/aromatic N) is 3. The topological polar surface area (TPSA) is 56.7 Å². The first kappa shape index (κ1) is 17.6. The summed E-state index contributed by atoms with van der Waals surface area (Å²) >= 11 is 1.62. The molecular formula is C19H23N3O2S. The van der Waals surface area contributed by atoms with E-state index in [9.17, 15) is 9.90 Å². The molecule has 0 radical (unpaired) electrons. The summed E-state index contributed by atoms with van der Waals surface area (Å²) in [7, 11) is 0. The number of aromatic nitrogens is 1. The van der Waals surface area contributed by atoms with Gasteiger partial charge in [0, 0.05) is 43.3 Å². The Hall–Kier alpha value is -2.21. The van der Waals surface area contributed by atoms with E-state index in [1.165, 1.54) is 0 Å². The largest absolute Gasteiger partial charge is 0.508 e. The number of thioether (sulfide) groups is 1. The van der Waals surface area contributed by atoms with Crippen LogP contribution in [-0.2, 0) is 0 Å². The van der Waals surface area contributed by atoms with Crippen LogP contribution >= 0.6 is 11.8 Å². The average Bonchev–Trinajstić information content (AvgIpc) is 2.62. The van der Waals surface area contributed by atoms with Gasteiger partial charge in [-0.05, 0) is 36.4 Å². The standard InChI is InChI=1S/C19H23N3O2S/c1-14(2)25-18-17(4-3-9-20-18)19(24)22-12-10-21(11-13-22)15-5-7-16(23)8-6-15/h3-9,14,23H,10-13H2,1-2H3. The van der Waals surface area contributed by atoms with Crippen LogP contribution in [0.3, 0.4) is 0 Å². The molecule has 1 aromatic heterocycles. The molecule has 0 spiro atoms. The quantitative estimate of drug-likeness (QED) is 0.851. The normalized spacial score (nSPS) is 14.8. The van der Waals surface area contributed by atoms with Gasteiger partial charge in [0.1, 0.15) is 10.8 Å². The molecule has 25 heavy (non-hydrogen) atoms. The highest BCUT2D eigenvalue weighted by Gasteiger charge is 2.24. The van der Waals surface area contributed by atoms with Crippen molar-refractivity contribution in [3.05, 3.63) is 48.2 Å². The van der Waals surface area contributed by atoms with E-state index in [-0.39, 0.29) is 11.7 Å². The van der Waals surface area contributed by atoms with E-state index in [1.807, 2.05) is 29.2 Å². The number of phenolic OH excluding ortho intramolecular Hbond substituents is 1. The number of pyridine rings is 1. The minimum atomic E-state index is 0.0570. The lowest BCUT2D eigenvalue weighted by Gasteiger charge is -2.36. The molecule has 1 saturated heterocycles. The number of rotatable bonds is 4. The summed E-state index contributed by atoms with van der Waals surface area (Å²) in [5.74, 6) is 0.325. The third-order valence-corrected chi connectivity index (χ3v) is 5.15. The molecule has 5 nitrogen and oxygen atoms in total. The summed E-state index contributed by atoms with van der Waals surface area (Å²) in [5, 5.41) is 10.6. The number of carbonyl (C=O) groups is 1. The van der Waals surface area contributed by atoms with E-state index in [1.54, 1.807) is 30.1 Å². The predicted molar refractivity (Wildman–Crippen MR) is 101 cm³/mol. The number of amides is 1. The summed E-state index contributed by atoms with van der Waals surface area (Å²) in [6.07, 6.45) is 1.74. The van der Waals surface area contributed by atoms with Crippen molar-refractivity contribution in [3.63, 3.8) is 0 Å². The molecule has 1 aliphatic rings. The van der Waals surface area contributed by atoms with Gasteiger partial charge in [0.25, 0.3) is 5.91 Å². The van der Waals surface area contributed by atoms with Gasteiger partial charge in [0.2, 0.25) is 0 Å². The highest BCUT2D eigenvalue weighted by Crippen LogP contribution is 2.26. The Morgan fingerprint density at radius 2 is 1.80 bits per heavy atom. The second kappa shape index (κ2) is 7.78.